The lowest BCUT2D eigenvalue weighted by Crippen LogP contribution is -1.95. The zero-order chi connectivity index (χ0) is 54.4. The molecular weight excluding hydrogens is 973 g/mol. The molecule has 0 saturated heterocycles. The SMILES string of the molecule is CC.CC.CC.CC.CC.Cc1c(F)c(F)cc2ccoc12.Cc1c(F)cc(F)c2ccoc12.Cc1cc(F)c(F)c2ccoc12.Cc1cc2ccoc2c(Cl)c1F.Fc1c(F)c(F)c2occc2c1F. The van der Waals surface area contributed by atoms with E-state index in [1.54, 1.807) is 39.0 Å². The van der Waals surface area contributed by atoms with E-state index in [2.05, 4.69) is 4.42 Å². The van der Waals surface area contributed by atoms with Crippen LogP contribution in [0.4, 0.5) is 48.3 Å². The predicted octanol–water partition coefficient (Wildman–Crippen LogP) is 20.7. The van der Waals surface area contributed by atoms with Gasteiger partial charge in [-0.25, -0.2) is 43.9 Å². The summed E-state index contributed by atoms with van der Waals surface area (Å²) < 4.78 is 166. The molecule has 5 nitrogen and oxygen atoms in total. The summed E-state index contributed by atoms with van der Waals surface area (Å²) in [7, 11) is 0. The van der Waals surface area contributed by atoms with E-state index in [9.17, 15) is 48.3 Å². The Kier molecular flexibility index (Phi) is 26.5. The predicted molar refractivity (Wildman–Crippen MR) is 261 cm³/mol. The van der Waals surface area contributed by atoms with Gasteiger partial charge in [-0.05, 0) is 87.4 Å². The number of fused-ring (bicyclic) bond motifs is 5. The van der Waals surface area contributed by atoms with Gasteiger partial charge in [0.15, 0.2) is 46.1 Å². The van der Waals surface area contributed by atoms with Crippen molar-refractivity contribution in [2.75, 3.05) is 0 Å². The molecule has 0 bridgehead atoms. The van der Waals surface area contributed by atoms with E-state index >= 15 is 0 Å². The summed E-state index contributed by atoms with van der Waals surface area (Å²) in [5.74, 6) is -11.5. The van der Waals surface area contributed by atoms with E-state index in [1.165, 1.54) is 44.1 Å². The van der Waals surface area contributed by atoms with Crippen LogP contribution in [0.2, 0.25) is 5.02 Å². The van der Waals surface area contributed by atoms with E-state index in [0.717, 1.165) is 35.9 Å². The van der Waals surface area contributed by atoms with Gasteiger partial charge in [-0.1, -0.05) is 80.8 Å². The summed E-state index contributed by atoms with van der Waals surface area (Å²) >= 11 is 5.70. The normalized spacial score (nSPS) is 9.83. The molecular formula is C54H56ClF11O5. The van der Waals surface area contributed by atoms with Crippen LogP contribution in [0.25, 0.3) is 54.8 Å². The fraction of sp³-hybridized carbons (Fsp3) is 0.259. The fourth-order valence-electron chi connectivity index (χ4n) is 5.89. The van der Waals surface area contributed by atoms with Crippen LogP contribution in [-0.4, -0.2) is 0 Å². The number of benzene rings is 5. The number of aryl methyl sites for hydroxylation is 4. The van der Waals surface area contributed by atoms with Crippen molar-refractivity contribution in [3.05, 3.63) is 177 Å². The maximum absolute atomic E-state index is 13.1. The second kappa shape index (κ2) is 30.1. The van der Waals surface area contributed by atoms with Gasteiger partial charge < -0.3 is 22.1 Å². The van der Waals surface area contributed by atoms with Gasteiger partial charge in [0.2, 0.25) is 11.6 Å². The van der Waals surface area contributed by atoms with Crippen molar-refractivity contribution in [2.24, 2.45) is 0 Å². The molecule has 386 valence electrons. The van der Waals surface area contributed by atoms with Crippen LogP contribution in [0.5, 0.6) is 0 Å². The molecule has 71 heavy (non-hydrogen) atoms. The molecule has 0 spiro atoms. The molecule has 0 radical (unpaired) electrons. The number of furan rings is 5. The molecule has 5 heterocycles. The third-order valence-corrected chi connectivity index (χ3v) is 9.37. The Hall–Kier alpha value is -6.68. The molecule has 5 aromatic heterocycles. The summed E-state index contributed by atoms with van der Waals surface area (Å²) in [5.41, 5.74) is 2.61. The molecule has 10 rings (SSSR count). The van der Waals surface area contributed by atoms with E-state index < -0.39 is 75.0 Å². The Morgan fingerprint density at radius 2 is 0.732 bits per heavy atom. The summed E-state index contributed by atoms with van der Waals surface area (Å²) in [5, 5.41) is 1.61. The molecule has 0 amide bonds. The number of hydrogen-bond acceptors (Lipinski definition) is 5. The molecule has 0 aliphatic heterocycles. The second-order valence-electron chi connectivity index (χ2n) is 13.0. The largest absolute Gasteiger partial charge is 0.464 e. The Balaban J connectivity index is 0.000000424. The van der Waals surface area contributed by atoms with Crippen LogP contribution in [0, 0.1) is 91.7 Å². The maximum Gasteiger partial charge on any atom is 0.205 e. The van der Waals surface area contributed by atoms with E-state index in [0.29, 0.717) is 44.2 Å². The highest BCUT2D eigenvalue weighted by atomic mass is 35.5. The minimum Gasteiger partial charge on any atom is -0.464 e. The highest BCUT2D eigenvalue weighted by Crippen LogP contribution is 2.31. The highest BCUT2D eigenvalue weighted by Gasteiger charge is 2.22. The second-order valence-corrected chi connectivity index (χ2v) is 13.4. The summed E-state index contributed by atoms with van der Waals surface area (Å²) in [6.07, 6.45) is 6.56. The van der Waals surface area contributed by atoms with Crippen molar-refractivity contribution in [2.45, 2.75) is 96.9 Å². The van der Waals surface area contributed by atoms with Crippen LogP contribution in [-0.2, 0) is 0 Å². The van der Waals surface area contributed by atoms with Gasteiger partial charge in [-0.3, -0.25) is 0 Å². The minimum absolute atomic E-state index is 0.0648. The van der Waals surface area contributed by atoms with Gasteiger partial charge in [0, 0.05) is 28.0 Å². The topological polar surface area (TPSA) is 65.7 Å². The Morgan fingerprint density at radius 3 is 1.30 bits per heavy atom. The van der Waals surface area contributed by atoms with E-state index in [1.807, 2.05) is 69.2 Å². The molecule has 10 aromatic rings. The highest BCUT2D eigenvalue weighted by molar-refractivity contribution is 6.35. The monoisotopic (exact) mass is 1030 g/mol. The van der Waals surface area contributed by atoms with Crippen molar-refractivity contribution >= 4 is 66.4 Å². The Morgan fingerprint density at radius 1 is 0.310 bits per heavy atom. The van der Waals surface area contributed by atoms with Crippen molar-refractivity contribution in [3.63, 3.8) is 0 Å². The fourth-order valence-corrected chi connectivity index (χ4v) is 6.19. The number of halogens is 12. The smallest absolute Gasteiger partial charge is 0.205 e. The molecule has 0 aliphatic rings. The van der Waals surface area contributed by atoms with Crippen LogP contribution < -0.4 is 0 Å². The van der Waals surface area contributed by atoms with Gasteiger partial charge in [0.05, 0.1) is 47.5 Å². The Bertz CT molecular complexity index is 2990. The first-order valence-electron chi connectivity index (χ1n) is 22.4. The van der Waals surface area contributed by atoms with Crippen molar-refractivity contribution in [1.82, 2.24) is 0 Å². The number of rotatable bonds is 0. The van der Waals surface area contributed by atoms with Gasteiger partial charge in [-0.2, -0.15) is 4.39 Å². The standard InChI is InChI=1S/C9H6ClFO.3C9H6F2O.C8H2F4O.5C2H6/c1-5-4-6-2-3-12-9(6)7(10)8(5)11;1-5-7(10)4-8(11)6-2-3-12-9(5)6;1-5-8(11)7(10)4-6-2-3-12-9(5)6;1-5-4-7(10)8(11)6-2-3-12-9(5)6;9-4-3-1-2-13-8(3)7(12)6(11)5(4)10;5*1-2/h4*2-4H,1H3;1-2H;5*1-2H3. The lowest BCUT2D eigenvalue weighted by atomic mass is 10.1. The minimum atomic E-state index is -1.86. The summed E-state index contributed by atoms with van der Waals surface area (Å²) in [6.45, 7) is 26.4. The molecule has 5 aromatic carbocycles. The van der Waals surface area contributed by atoms with Crippen LogP contribution in [0.15, 0.2) is 108 Å². The molecule has 0 atom stereocenters. The Labute approximate surface area is 409 Å². The average molecular weight is 1030 g/mol. The van der Waals surface area contributed by atoms with Gasteiger partial charge in [0.1, 0.15) is 39.2 Å². The summed E-state index contributed by atoms with van der Waals surface area (Å²) in [4.78, 5) is 0. The third kappa shape index (κ3) is 14.7. The van der Waals surface area contributed by atoms with Gasteiger partial charge >= 0.3 is 0 Å². The molecule has 0 N–H and O–H groups in total. The van der Waals surface area contributed by atoms with Crippen molar-refractivity contribution in [1.29, 1.82) is 0 Å². The van der Waals surface area contributed by atoms with Crippen LogP contribution in [0.3, 0.4) is 0 Å². The zero-order valence-corrected chi connectivity index (χ0v) is 42.4. The average Bonchev–Trinajstić information content (AvgIpc) is 4.27. The lowest BCUT2D eigenvalue weighted by Gasteiger charge is -1.98. The van der Waals surface area contributed by atoms with Gasteiger partial charge in [-0.15, -0.1) is 0 Å². The molecule has 17 heteroatoms. The number of hydrogen-bond donors (Lipinski definition) is 0. The maximum atomic E-state index is 13.1. The third-order valence-electron chi connectivity index (χ3n) is 9.03. The lowest BCUT2D eigenvalue weighted by molar-refractivity contribution is 0.410. The van der Waals surface area contributed by atoms with E-state index in [4.69, 9.17) is 29.3 Å². The van der Waals surface area contributed by atoms with Crippen molar-refractivity contribution in [3.8, 4) is 0 Å². The van der Waals surface area contributed by atoms with E-state index in [-0.39, 0.29) is 21.6 Å². The zero-order valence-electron chi connectivity index (χ0n) is 41.7. The first kappa shape index (κ1) is 62.3. The quantitative estimate of drug-likeness (QED) is 0.0860. The van der Waals surface area contributed by atoms with Crippen LogP contribution in [0.1, 0.15) is 91.5 Å². The molecule has 0 fully saturated rings. The molecule has 0 aliphatic carbocycles. The summed E-state index contributed by atoms with van der Waals surface area (Å²) in [6, 6.07) is 12.1. The molecule has 0 unspecified atom stereocenters. The first-order valence-corrected chi connectivity index (χ1v) is 22.8. The van der Waals surface area contributed by atoms with Gasteiger partial charge in [0.25, 0.3) is 0 Å². The first-order chi connectivity index (χ1) is 33.9. The molecule has 0 saturated carbocycles. The van der Waals surface area contributed by atoms with Crippen molar-refractivity contribution < 1.29 is 70.4 Å². The van der Waals surface area contributed by atoms with Crippen LogP contribution >= 0.6 is 11.6 Å².